The molecule has 2 atom stereocenters. The van der Waals surface area contributed by atoms with E-state index in [2.05, 4.69) is 6.92 Å². The lowest BCUT2D eigenvalue weighted by molar-refractivity contribution is 0.272. The van der Waals surface area contributed by atoms with Crippen LogP contribution < -0.4 is 0 Å². The molecule has 0 aromatic rings. The summed E-state index contributed by atoms with van der Waals surface area (Å²) in [5, 5.41) is 0. The van der Waals surface area contributed by atoms with Gasteiger partial charge in [0.25, 0.3) is 6.92 Å². The van der Waals surface area contributed by atoms with E-state index in [9.17, 15) is 0 Å². The van der Waals surface area contributed by atoms with Crippen LogP contribution in [-0.4, -0.2) is 13.5 Å². The maximum absolute atomic E-state index is 6.32. The van der Waals surface area contributed by atoms with Crippen molar-refractivity contribution in [1.82, 2.24) is 0 Å². The molecule has 2 bridgehead atoms. The average Bonchev–Trinajstić information content (AvgIpc) is 2.38. The van der Waals surface area contributed by atoms with Crippen molar-refractivity contribution in [3.05, 3.63) is 0 Å². The van der Waals surface area contributed by atoms with Gasteiger partial charge in [0.1, 0.15) is 0 Å². The fourth-order valence-corrected chi connectivity index (χ4v) is 3.95. The van der Waals surface area contributed by atoms with Gasteiger partial charge in [0, 0.05) is 6.61 Å². The molecular formula is C16H31BO. The first-order valence-corrected chi connectivity index (χ1v) is 8.53. The lowest BCUT2D eigenvalue weighted by Crippen LogP contribution is -2.35. The van der Waals surface area contributed by atoms with Crippen molar-refractivity contribution in [2.45, 2.75) is 95.6 Å². The van der Waals surface area contributed by atoms with Crippen LogP contribution in [0.4, 0.5) is 0 Å². The molecule has 18 heavy (non-hydrogen) atoms. The molecule has 0 aromatic heterocycles. The highest BCUT2D eigenvalue weighted by atomic mass is 16.4. The van der Waals surface area contributed by atoms with Gasteiger partial charge in [0.15, 0.2) is 0 Å². The SMILES string of the molecule is CCCCOB1C2CCCCCCCC1CCC2. The molecule has 1 nitrogen and oxygen atoms in total. The van der Waals surface area contributed by atoms with Gasteiger partial charge in [-0.25, -0.2) is 0 Å². The van der Waals surface area contributed by atoms with Gasteiger partial charge in [-0.05, 0) is 18.1 Å². The van der Waals surface area contributed by atoms with Gasteiger partial charge < -0.3 is 4.65 Å². The molecule has 0 radical (unpaired) electrons. The van der Waals surface area contributed by atoms with E-state index >= 15 is 0 Å². The predicted molar refractivity (Wildman–Crippen MR) is 80.3 cm³/mol. The number of hydrogen-bond acceptors (Lipinski definition) is 1. The summed E-state index contributed by atoms with van der Waals surface area (Å²) < 4.78 is 6.32. The minimum Gasteiger partial charge on any atom is -0.435 e. The molecule has 2 aliphatic heterocycles. The first-order chi connectivity index (χ1) is 8.92. The highest BCUT2D eigenvalue weighted by Crippen LogP contribution is 2.43. The number of hydrogen-bond donors (Lipinski definition) is 0. The third-order valence-electron chi connectivity index (χ3n) is 5.04. The second kappa shape index (κ2) is 8.25. The molecular weight excluding hydrogens is 219 g/mol. The highest BCUT2D eigenvalue weighted by molar-refractivity contribution is 6.55. The van der Waals surface area contributed by atoms with E-state index < -0.39 is 0 Å². The van der Waals surface area contributed by atoms with Gasteiger partial charge in [0.2, 0.25) is 0 Å². The van der Waals surface area contributed by atoms with E-state index in [1.807, 2.05) is 0 Å². The molecule has 0 aromatic carbocycles. The fraction of sp³-hybridized carbons (Fsp3) is 1.00. The van der Waals surface area contributed by atoms with Crippen LogP contribution in [0.3, 0.4) is 0 Å². The van der Waals surface area contributed by atoms with Crippen LogP contribution in [0, 0.1) is 0 Å². The van der Waals surface area contributed by atoms with Gasteiger partial charge >= 0.3 is 0 Å². The van der Waals surface area contributed by atoms with Crippen LogP contribution in [0.1, 0.15) is 84.0 Å². The summed E-state index contributed by atoms with van der Waals surface area (Å²) in [6, 6.07) is 0. The molecule has 2 rings (SSSR count). The molecule has 104 valence electrons. The smallest absolute Gasteiger partial charge is 0.299 e. The van der Waals surface area contributed by atoms with Crippen molar-refractivity contribution in [3.8, 4) is 0 Å². The Morgan fingerprint density at radius 1 is 0.833 bits per heavy atom. The van der Waals surface area contributed by atoms with E-state index in [0.29, 0.717) is 6.92 Å². The van der Waals surface area contributed by atoms with E-state index in [1.165, 1.54) is 77.0 Å². The summed E-state index contributed by atoms with van der Waals surface area (Å²) >= 11 is 0. The second-order valence-corrected chi connectivity index (χ2v) is 6.49. The average molecular weight is 250 g/mol. The van der Waals surface area contributed by atoms with Crippen molar-refractivity contribution in [1.29, 1.82) is 0 Å². The fourth-order valence-electron chi connectivity index (χ4n) is 3.95. The molecule has 2 heterocycles. The largest absolute Gasteiger partial charge is 0.435 e. The van der Waals surface area contributed by atoms with Gasteiger partial charge in [0.05, 0.1) is 0 Å². The van der Waals surface area contributed by atoms with Crippen molar-refractivity contribution in [2.75, 3.05) is 6.61 Å². The molecule has 2 saturated heterocycles. The molecule has 2 heteroatoms. The predicted octanol–water partition coefficient (Wildman–Crippen LogP) is 5.46. The third-order valence-corrected chi connectivity index (χ3v) is 5.04. The topological polar surface area (TPSA) is 9.23 Å². The second-order valence-electron chi connectivity index (χ2n) is 6.49. The normalized spacial score (nSPS) is 30.2. The zero-order chi connectivity index (χ0) is 12.6. The Hall–Kier alpha value is 0.0249. The lowest BCUT2D eigenvalue weighted by Gasteiger charge is -2.36. The van der Waals surface area contributed by atoms with Crippen molar-refractivity contribution < 1.29 is 4.65 Å². The van der Waals surface area contributed by atoms with Gasteiger partial charge in [-0.3, -0.25) is 0 Å². The maximum Gasteiger partial charge on any atom is 0.299 e. The summed E-state index contributed by atoms with van der Waals surface area (Å²) in [4.78, 5) is 0. The molecule has 0 spiro atoms. The summed E-state index contributed by atoms with van der Waals surface area (Å²) in [5.41, 5.74) is 0. The summed E-state index contributed by atoms with van der Waals surface area (Å²) in [6.07, 6.45) is 17.0. The van der Waals surface area contributed by atoms with Crippen LogP contribution in [-0.2, 0) is 4.65 Å². The third kappa shape index (κ3) is 4.29. The van der Waals surface area contributed by atoms with Gasteiger partial charge in [-0.15, -0.1) is 0 Å². The number of rotatable bonds is 4. The van der Waals surface area contributed by atoms with Crippen LogP contribution >= 0.6 is 0 Å². The summed E-state index contributed by atoms with van der Waals surface area (Å²) in [5.74, 6) is 1.78. The zero-order valence-electron chi connectivity index (χ0n) is 12.3. The Morgan fingerprint density at radius 3 is 2.00 bits per heavy atom. The first-order valence-electron chi connectivity index (χ1n) is 8.53. The molecule has 0 N–H and O–H groups in total. The minimum atomic E-state index is 0.614. The molecule has 2 fully saturated rings. The number of unbranched alkanes of at least 4 members (excludes halogenated alkanes) is 1. The van der Waals surface area contributed by atoms with Crippen molar-refractivity contribution >= 4 is 6.92 Å². The zero-order valence-corrected chi connectivity index (χ0v) is 12.3. The van der Waals surface area contributed by atoms with E-state index in [1.54, 1.807) is 0 Å². The standard InChI is InChI=1S/C16H31BO/c1-2-3-14-18-17-15-10-7-5-4-6-8-11-16(17)13-9-12-15/h15-16H,2-14H2,1H3. The molecule has 2 aliphatic rings. The van der Waals surface area contributed by atoms with Crippen LogP contribution in [0.25, 0.3) is 0 Å². The first kappa shape index (κ1) is 14.4. The van der Waals surface area contributed by atoms with Crippen molar-refractivity contribution in [3.63, 3.8) is 0 Å². The molecule has 0 saturated carbocycles. The Labute approximate surface area is 114 Å². The van der Waals surface area contributed by atoms with E-state index in [0.717, 1.165) is 18.2 Å². The van der Waals surface area contributed by atoms with Crippen LogP contribution in [0.15, 0.2) is 0 Å². The van der Waals surface area contributed by atoms with Crippen LogP contribution in [0.2, 0.25) is 11.6 Å². The molecule has 0 amide bonds. The van der Waals surface area contributed by atoms with E-state index in [4.69, 9.17) is 4.65 Å². The quantitative estimate of drug-likeness (QED) is 0.475. The summed E-state index contributed by atoms with van der Waals surface area (Å²) in [6.45, 7) is 3.88. The minimum absolute atomic E-state index is 0.614. The molecule has 2 unspecified atom stereocenters. The number of fused-ring (bicyclic) bond motifs is 2. The summed E-state index contributed by atoms with van der Waals surface area (Å²) in [7, 11) is 0. The maximum atomic E-state index is 6.32. The highest BCUT2D eigenvalue weighted by Gasteiger charge is 2.37. The van der Waals surface area contributed by atoms with Gasteiger partial charge in [-0.1, -0.05) is 77.6 Å². The van der Waals surface area contributed by atoms with Gasteiger partial charge in [-0.2, -0.15) is 0 Å². The molecule has 0 aliphatic carbocycles. The Balaban J connectivity index is 1.91. The monoisotopic (exact) mass is 250 g/mol. The Morgan fingerprint density at radius 2 is 1.39 bits per heavy atom. The lowest BCUT2D eigenvalue weighted by atomic mass is 9.40. The Bertz CT molecular complexity index is 203. The Kier molecular flexibility index (Phi) is 6.61. The van der Waals surface area contributed by atoms with E-state index in [-0.39, 0.29) is 0 Å². The van der Waals surface area contributed by atoms with Crippen molar-refractivity contribution in [2.24, 2.45) is 0 Å². The van der Waals surface area contributed by atoms with Crippen LogP contribution in [0.5, 0.6) is 0 Å².